The number of hydrogen-bond acceptors (Lipinski definition) is 5. The van der Waals surface area contributed by atoms with Crippen molar-refractivity contribution >= 4 is 38.2 Å². The van der Waals surface area contributed by atoms with Crippen molar-refractivity contribution in [2.45, 2.75) is 0 Å². The van der Waals surface area contributed by atoms with E-state index in [-0.39, 0.29) is 5.78 Å². The molecule has 0 saturated heterocycles. The third-order valence-electron chi connectivity index (χ3n) is 4.22. The molecule has 4 nitrogen and oxygen atoms in total. The van der Waals surface area contributed by atoms with E-state index >= 15 is 0 Å². The molecule has 3 heterocycles. The summed E-state index contributed by atoms with van der Waals surface area (Å²) in [5.41, 5.74) is 2.42. The fourth-order valence-electron chi connectivity index (χ4n) is 2.96. The summed E-state index contributed by atoms with van der Waals surface area (Å²) in [6.07, 6.45) is 1.77. The van der Waals surface area contributed by atoms with Crippen molar-refractivity contribution in [3.8, 4) is 10.8 Å². The number of ketones is 1. The maximum Gasteiger partial charge on any atom is 0.228 e. The second-order valence-electron chi connectivity index (χ2n) is 5.86. The number of benzene rings is 2. The Balaban J connectivity index is 1.58. The lowest BCUT2D eigenvalue weighted by Crippen LogP contribution is -1.98. The Hall–Kier alpha value is -3.31. The van der Waals surface area contributed by atoms with Gasteiger partial charge in [-0.15, -0.1) is 11.3 Å². The summed E-state index contributed by atoms with van der Waals surface area (Å²) >= 11 is 1.54. The molecule has 0 aliphatic rings. The second-order valence-corrected chi connectivity index (χ2v) is 6.89. The van der Waals surface area contributed by atoms with Crippen LogP contribution in [0, 0.1) is 0 Å². The number of carbonyl (C=O) groups is 1. The van der Waals surface area contributed by atoms with Gasteiger partial charge >= 0.3 is 0 Å². The lowest BCUT2D eigenvalue weighted by Gasteiger charge is -1.96. The highest BCUT2D eigenvalue weighted by Gasteiger charge is 2.17. The highest BCUT2D eigenvalue weighted by Crippen LogP contribution is 2.34. The maximum atomic E-state index is 12.5. The van der Waals surface area contributed by atoms with Crippen LogP contribution in [-0.4, -0.2) is 15.8 Å². The van der Waals surface area contributed by atoms with E-state index in [1.165, 1.54) is 0 Å². The largest absolute Gasteiger partial charge is 0.450 e. The topological polar surface area (TPSA) is 56.0 Å². The summed E-state index contributed by atoms with van der Waals surface area (Å²) in [5, 5.41) is 1.77. The summed E-state index contributed by atoms with van der Waals surface area (Å²) in [6, 6.07) is 20.5. The average molecular weight is 356 g/mol. The molecule has 26 heavy (non-hydrogen) atoms. The molecule has 0 aliphatic carbocycles. The van der Waals surface area contributed by atoms with E-state index in [1.54, 1.807) is 41.8 Å². The summed E-state index contributed by atoms with van der Waals surface area (Å²) in [5.74, 6) is 0.784. The van der Waals surface area contributed by atoms with Gasteiger partial charge in [0.05, 0.1) is 15.7 Å². The molecule has 124 valence electrons. The Kier molecular flexibility index (Phi) is 3.40. The van der Waals surface area contributed by atoms with Gasteiger partial charge in [-0.25, -0.2) is 4.98 Å². The molecule has 0 bridgehead atoms. The van der Waals surface area contributed by atoms with Crippen LogP contribution in [0.15, 0.2) is 77.3 Å². The highest BCUT2D eigenvalue weighted by atomic mass is 32.1. The normalized spacial score (nSPS) is 11.2. The Morgan fingerprint density at radius 2 is 1.81 bits per heavy atom. The molecule has 0 unspecified atom stereocenters. The zero-order valence-corrected chi connectivity index (χ0v) is 14.4. The number of hydrogen-bond donors (Lipinski definition) is 0. The molecular formula is C21H12N2O2S. The molecular weight excluding hydrogens is 344 g/mol. The Labute approximate surface area is 152 Å². The van der Waals surface area contributed by atoms with Crippen LogP contribution in [0.5, 0.6) is 0 Å². The molecule has 5 heteroatoms. The number of nitrogens with zero attached hydrogens (tertiary/aromatic N) is 2. The van der Waals surface area contributed by atoms with Crippen molar-refractivity contribution in [3.63, 3.8) is 0 Å². The van der Waals surface area contributed by atoms with Gasteiger partial charge in [0.1, 0.15) is 0 Å². The third-order valence-corrected chi connectivity index (χ3v) is 5.25. The average Bonchev–Trinajstić information content (AvgIpc) is 3.35. The Bertz CT molecular complexity index is 1250. The molecule has 0 N–H and O–H groups in total. The van der Waals surface area contributed by atoms with Gasteiger partial charge in [0.2, 0.25) is 5.78 Å². The van der Waals surface area contributed by atoms with Crippen LogP contribution in [0.3, 0.4) is 0 Å². The number of carbonyl (C=O) groups excluding carboxylic acids is 1. The van der Waals surface area contributed by atoms with Crippen molar-refractivity contribution < 1.29 is 9.21 Å². The van der Waals surface area contributed by atoms with E-state index in [9.17, 15) is 4.79 Å². The van der Waals surface area contributed by atoms with Crippen LogP contribution in [-0.2, 0) is 0 Å². The summed E-state index contributed by atoms with van der Waals surface area (Å²) in [7, 11) is 0. The van der Waals surface area contributed by atoms with Crippen molar-refractivity contribution in [1.82, 2.24) is 9.97 Å². The van der Waals surface area contributed by atoms with Gasteiger partial charge in [-0.1, -0.05) is 30.3 Å². The first kappa shape index (κ1) is 15.0. The zero-order valence-electron chi connectivity index (χ0n) is 13.5. The summed E-state index contributed by atoms with van der Waals surface area (Å²) in [4.78, 5) is 21.6. The highest BCUT2D eigenvalue weighted by molar-refractivity contribution is 7.21. The Morgan fingerprint density at radius 3 is 2.69 bits per heavy atom. The molecule has 2 aromatic carbocycles. The lowest BCUT2D eigenvalue weighted by molar-refractivity contribution is 0.101. The van der Waals surface area contributed by atoms with Crippen LogP contribution >= 0.6 is 11.3 Å². The Morgan fingerprint density at radius 1 is 0.923 bits per heavy atom. The van der Waals surface area contributed by atoms with Gasteiger partial charge in [-0.3, -0.25) is 9.78 Å². The number of thiazole rings is 1. The number of rotatable bonds is 3. The van der Waals surface area contributed by atoms with Crippen molar-refractivity contribution in [3.05, 3.63) is 84.3 Å². The van der Waals surface area contributed by atoms with Crippen LogP contribution < -0.4 is 0 Å². The minimum atomic E-state index is -0.132. The molecule has 0 radical (unpaired) electrons. The SMILES string of the molecule is O=C(c1ccccc1)c1ccc(-c2nc3c(ccc4ncccc43)s2)o1. The molecule has 0 amide bonds. The summed E-state index contributed by atoms with van der Waals surface area (Å²) in [6.45, 7) is 0. The van der Waals surface area contributed by atoms with Crippen molar-refractivity contribution in [2.75, 3.05) is 0 Å². The second kappa shape index (κ2) is 5.89. The van der Waals surface area contributed by atoms with Gasteiger partial charge in [0.25, 0.3) is 0 Å². The molecule has 0 atom stereocenters. The molecule has 0 fully saturated rings. The fraction of sp³-hybridized carbons (Fsp3) is 0. The fourth-order valence-corrected chi connectivity index (χ4v) is 3.90. The molecule has 5 aromatic rings. The van der Waals surface area contributed by atoms with E-state index < -0.39 is 0 Å². The van der Waals surface area contributed by atoms with Gasteiger partial charge in [-0.05, 0) is 36.4 Å². The predicted molar refractivity (Wildman–Crippen MR) is 102 cm³/mol. The predicted octanol–water partition coefficient (Wildman–Crippen LogP) is 5.34. The lowest BCUT2D eigenvalue weighted by atomic mass is 10.1. The van der Waals surface area contributed by atoms with Gasteiger partial charge in [0.15, 0.2) is 16.5 Å². The van der Waals surface area contributed by atoms with Gasteiger partial charge in [0, 0.05) is 17.1 Å². The molecule has 0 aliphatic heterocycles. The van der Waals surface area contributed by atoms with E-state index in [2.05, 4.69) is 4.98 Å². The number of furan rings is 1. The van der Waals surface area contributed by atoms with Crippen molar-refractivity contribution in [2.24, 2.45) is 0 Å². The minimum Gasteiger partial charge on any atom is -0.450 e. The molecule has 0 saturated carbocycles. The maximum absolute atomic E-state index is 12.5. The number of fused-ring (bicyclic) bond motifs is 3. The number of aromatic nitrogens is 2. The molecule has 3 aromatic heterocycles. The molecule has 0 spiro atoms. The van der Waals surface area contributed by atoms with E-state index in [0.717, 1.165) is 26.1 Å². The minimum absolute atomic E-state index is 0.132. The first-order chi connectivity index (χ1) is 12.8. The van der Waals surface area contributed by atoms with Crippen LogP contribution in [0.25, 0.3) is 31.9 Å². The third kappa shape index (κ3) is 2.41. The first-order valence-electron chi connectivity index (χ1n) is 8.14. The summed E-state index contributed by atoms with van der Waals surface area (Å²) < 4.78 is 6.87. The standard InChI is InChI=1S/C21H12N2O2S/c24-20(13-5-2-1-3-6-13)16-9-10-17(25-16)21-23-19-14-7-4-12-22-15(14)8-11-18(19)26-21/h1-12H. The first-order valence-corrected chi connectivity index (χ1v) is 8.95. The van der Waals surface area contributed by atoms with Crippen LogP contribution in [0.2, 0.25) is 0 Å². The van der Waals surface area contributed by atoms with E-state index in [4.69, 9.17) is 9.40 Å². The van der Waals surface area contributed by atoms with E-state index in [0.29, 0.717) is 17.1 Å². The number of pyridine rings is 1. The van der Waals surface area contributed by atoms with Crippen LogP contribution in [0.4, 0.5) is 0 Å². The van der Waals surface area contributed by atoms with E-state index in [1.807, 2.05) is 42.5 Å². The monoisotopic (exact) mass is 356 g/mol. The van der Waals surface area contributed by atoms with Crippen LogP contribution in [0.1, 0.15) is 16.1 Å². The smallest absolute Gasteiger partial charge is 0.228 e. The zero-order chi connectivity index (χ0) is 17.5. The van der Waals surface area contributed by atoms with Gasteiger partial charge in [-0.2, -0.15) is 0 Å². The van der Waals surface area contributed by atoms with Gasteiger partial charge < -0.3 is 4.42 Å². The molecule has 5 rings (SSSR count). The quantitative estimate of drug-likeness (QED) is 0.410. The van der Waals surface area contributed by atoms with Crippen molar-refractivity contribution in [1.29, 1.82) is 0 Å².